The summed E-state index contributed by atoms with van der Waals surface area (Å²) in [5, 5.41) is 4.09. The van der Waals surface area contributed by atoms with Gasteiger partial charge in [0, 0.05) is 43.2 Å². The molecule has 0 aliphatic carbocycles. The summed E-state index contributed by atoms with van der Waals surface area (Å²) in [6.07, 6.45) is 5.15. The van der Waals surface area contributed by atoms with E-state index in [2.05, 4.69) is 26.1 Å². The van der Waals surface area contributed by atoms with Gasteiger partial charge >= 0.3 is 0 Å². The third-order valence-corrected chi connectivity index (χ3v) is 5.61. The number of ether oxygens (including phenoxy) is 1. The molecule has 0 N–H and O–H groups in total. The maximum Gasteiger partial charge on any atom is 0.249 e. The van der Waals surface area contributed by atoms with Crippen molar-refractivity contribution in [2.75, 3.05) is 26.2 Å². The van der Waals surface area contributed by atoms with Crippen LogP contribution in [0.1, 0.15) is 30.3 Å². The van der Waals surface area contributed by atoms with Gasteiger partial charge in [-0.3, -0.25) is 14.7 Å². The average Bonchev–Trinajstić information content (AvgIpc) is 3.41. The number of aromatic nitrogens is 3. The zero-order valence-electron chi connectivity index (χ0n) is 16.6. The van der Waals surface area contributed by atoms with Crippen molar-refractivity contribution in [2.24, 2.45) is 0 Å². The van der Waals surface area contributed by atoms with Crippen LogP contribution in [-0.2, 0) is 11.3 Å². The number of amides is 1. The number of rotatable bonds is 4. The molecule has 8 heteroatoms. The van der Waals surface area contributed by atoms with Crippen LogP contribution in [0.25, 0.3) is 11.4 Å². The minimum Gasteiger partial charge on any atom is -0.492 e. The molecule has 154 valence electrons. The molecule has 1 aromatic carbocycles. The smallest absolute Gasteiger partial charge is 0.249 e. The van der Waals surface area contributed by atoms with Crippen molar-refractivity contribution in [3.63, 3.8) is 0 Å². The highest BCUT2D eigenvalue weighted by molar-refractivity contribution is 5.79. The second-order valence-electron chi connectivity index (χ2n) is 7.61. The van der Waals surface area contributed by atoms with E-state index in [1.54, 1.807) is 12.4 Å². The van der Waals surface area contributed by atoms with E-state index in [9.17, 15) is 4.79 Å². The van der Waals surface area contributed by atoms with Gasteiger partial charge in [0.25, 0.3) is 0 Å². The van der Waals surface area contributed by atoms with Crippen LogP contribution >= 0.6 is 0 Å². The highest BCUT2D eigenvalue weighted by Gasteiger charge is 2.35. The molecule has 1 amide bonds. The Labute approximate surface area is 174 Å². The Morgan fingerprint density at radius 3 is 3.00 bits per heavy atom. The van der Waals surface area contributed by atoms with E-state index in [0.717, 1.165) is 29.7 Å². The maximum absolute atomic E-state index is 13.1. The van der Waals surface area contributed by atoms with Crippen molar-refractivity contribution in [1.29, 1.82) is 0 Å². The summed E-state index contributed by atoms with van der Waals surface area (Å²) in [7, 11) is 0. The molecule has 1 fully saturated rings. The molecule has 5 rings (SSSR count). The number of benzene rings is 1. The molecular formula is C22H23N5O3. The monoisotopic (exact) mass is 405 g/mol. The number of pyridine rings is 1. The zero-order chi connectivity index (χ0) is 20.3. The number of likely N-dealkylation sites (tertiary alicyclic amines) is 1. The molecule has 0 radical (unpaired) electrons. The van der Waals surface area contributed by atoms with Gasteiger partial charge in [0.05, 0.1) is 6.54 Å². The summed E-state index contributed by atoms with van der Waals surface area (Å²) in [4.78, 5) is 25.8. The van der Waals surface area contributed by atoms with Gasteiger partial charge in [0.1, 0.15) is 18.4 Å². The standard InChI is InChI=1S/C22H23N5O3/c28-20(15-26-11-12-29-19-8-2-1-5-17(19)14-26)27-10-4-7-18(27)22-24-21(25-30-22)16-6-3-9-23-13-16/h1-3,5-6,8-9,13,18H,4,7,10-12,14-15H2/t18-/m0/s1. The lowest BCUT2D eigenvalue weighted by Gasteiger charge is -2.26. The lowest BCUT2D eigenvalue weighted by molar-refractivity contribution is -0.134. The molecule has 1 saturated heterocycles. The highest BCUT2D eigenvalue weighted by Crippen LogP contribution is 2.32. The van der Waals surface area contributed by atoms with Crippen LogP contribution in [-0.4, -0.2) is 57.1 Å². The van der Waals surface area contributed by atoms with E-state index in [1.807, 2.05) is 35.2 Å². The second kappa shape index (κ2) is 8.23. The van der Waals surface area contributed by atoms with E-state index < -0.39 is 0 Å². The number of fused-ring (bicyclic) bond motifs is 1. The van der Waals surface area contributed by atoms with Crippen LogP contribution in [0.15, 0.2) is 53.3 Å². The van der Waals surface area contributed by atoms with Crippen LogP contribution < -0.4 is 4.74 Å². The Balaban J connectivity index is 1.28. The minimum absolute atomic E-state index is 0.0815. The van der Waals surface area contributed by atoms with Crippen LogP contribution in [0.2, 0.25) is 0 Å². The fourth-order valence-electron chi connectivity index (χ4n) is 4.10. The van der Waals surface area contributed by atoms with Gasteiger partial charge in [-0.2, -0.15) is 4.98 Å². The molecular weight excluding hydrogens is 382 g/mol. The van der Waals surface area contributed by atoms with E-state index in [0.29, 0.717) is 44.5 Å². The third-order valence-electron chi connectivity index (χ3n) is 5.61. The van der Waals surface area contributed by atoms with Crippen LogP contribution in [0.3, 0.4) is 0 Å². The largest absolute Gasteiger partial charge is 0.492 e. The number of para-hydroxylation sites is 1. The summed E-state index contributed by atoms with van der Waals surface area (Å²) in [5.41, 5.74) is 1.91. The summed E-state index contributed by atoms with van der Waals surface area (Å²) >= 11 is 0. The molecule has 2 aliphatic heterocycles. The normalized spacial score (nSPS) is 19.2. The second-order valence-corrected chi connectivity index (χ2v) is 7.61. The number of nitrogens with zero attached hydrogens (tertiary/aromatic N) is 5. The highest BCUT2D eigenvalue weighted by atomic mass is 16.5. The van der Waals surface area contributed by atoms with Gasteiger partial charge in [-0.15, -0.1) is 0 Å². The molecule has 2 aromatic heterocycles. The SMILES string of the molecule is O=C(CN1CCOc2ccccc2C1)N1CCC[C@H]1c1nc(-c2cccnc2)no1. The Hall–Kier alpha value is -3.26. The predicted molar refractivity (Wildman–Crippen MR) is 108 cm³/mol. The first-order chi connectivity index (χ1) is 14.8. The van der Waals surface area contributed by atoms with Crippen molar-refractivity contribution in [3.05, 3.63) is 60.2 Å². The minimum atomic E-state index is -0.175. The van der Waals surface area contributed by atoms with Gasteiger partial charge in [0.2, 0.25) is 17.6 Å². The van der Waals surface area contributed by atoms with E-state index >= 15 is 0 Å². The van der Waals surface area contributed by atoms with Crippen LogP contribution in [0, 0.1) is 0 Å². The Bertz CT molecular complexity index is 1020. The molecule has 1 atom stereocenters. The molecule has 4 heterocycles. The Kier molecular flexibility index (Phi) is 5.15. The van der Waals surface area contributed by atoms with Gasteiger partial charge in [-0.05, 0) is 31.0 Å². The summed E-state index contributed by atoms with van der Waals surface area (Å²) in [6, 6.07) is 11.5. The first-order valence-corrected chi connectivity index (χ1v) is 10.2. The number of carbonyl (C=O) groups excluding carboxylic acids is 1. The fraction of sp³-hybridized carbons (Fsp3) is 0.364. The molecule has 8 nitrogen and oxygen atoms in total. The fourth-order valence-corrected chi connectivity index (χ4v) is 4.10. The van der Waals surface area contributed by atoms with Gasteiger partial charge in [-0.25, -0.2) is 0 Å². The number of hydrogen-bond donors (Lipinski definition) is 0. The van der Waals surface area contributed by atoms with Crippen molar-refractivity contribution in [2.45, 2.75) is 25.4 Å². The molecule has 0 saturated carbocycles. The first kappa shape index (κ1) is 18.7. The molecule has 2 aliphatic rings. The molecule has 0 spiro atoms. The summed E-state index contributed by atoms with van der Waals surface area (Å²) < 4.78 is 11.3. The van der Waals surface area contributed by atoms with Crippen molar-refractivity contribution < 1.29 is 14.1 Å². The topological polar surface area (TPSA) is 84.6 Å². The van der Waals surface area contributed by atoms with E-state index in [1.165, 1.54) is 0 Å². The predicted octanol–water partition coefficient (Wildman–Crippen LogP) is 2.69. The van der Waals surface area contributed by atoms with E-state index in [4.69, 9.17) is 9.26 Å². The van der Waals surface area contributed by atoms with Crippen molar-refractivity contribution in [1.82, 2.24) is 24.9 Å². The molecule has 0 unspecified atom stereocenters. The van der Waals surface area contributed by atoms with Gasteiger partial charge in [0.15, 0.2) is 0 Å². The lowest BCUT2D eigenvalue weighted by Crippen LogP contribution is -2.40. The zero-order valence-corrected chi connectivity index (χ0v) is 16.6. The van der Waals surface area contributed by atoms with Crippen LogP contribution in [0.4, 0.5) is 0 Å². The van der Waals surface area contributed by atoms with Crippen molar-refractivity contribution in [3.8, 4) is 17.1 Å². The Morgan fingerprint density at radius 1 is 1.17 bits per heavy atom. The quantitative estimate of drug-likeness (QED) is 0.660. The maximum atomic E-state index is 13.1. The third kappa shape index (κ3) is 3.78. The van der Waals surface area contributed by atoms with Crippen molar-refractivity contribution >= 4 is 5.91 Å². The molecule has 0 bridgehead atoms. The Morgan fingerprint density at radius 2 is 2.10 bits per heavy atom. The number of hydrogen-bond acceptors (Lipinski definition) is 7. The summed E-state index contributed by atoms with van der Waals surface area (Å²) in [5.74, 6) is 1.97. The first-order valence-electron chi connectivity index (χ1n) is 10.2. The summed E-state index contributed by atoms with van der Waals surface area (Å²) in [6.45, 7) is 3.04. The van der Waals surface area contributed by atoms with Crippen LogP contribution in [0.5, 0.6) is 5.75 Å². The lowest BCUT2D eigenvalue weighted by atomic mass is 10.2. The van der Waals surface area contributed by atoms with Gasteiger partial charge in [-0.1, -0.05) is 23.4 Å². The molecule has 30 heavy (non-hydrogen) atoms. The van der Waals surface area contributed by atoms with Gasteiger partial charge < -0.3 is 14.2 Å². The van der Waals surface area contributed by atoms with E-state index in [-0.39, 0.29) is 11.9 Å². The number of carbonyl (C=O) groups is 1. The average molecular weight is 405 g/mol. The molecule has 3 aromatic rings.